The van der Waals surface area contributed by atoms with E-state index in [9.17, 15) is 0 Å². The van der Waals surface area contributed by atoms with Gasteiger partial charge in [0, 0.05) is 7.11 Å². The van der Waals surface area contributed by atoms with Crippen LogP contribution in [0.15, 0.2) is 61.2 Å². The minimum absolute atomic E-state index is 0.336. The molecule has 1 nitrogen and oxygen atoms in total. The summed E-state index contributed by atoms with van der Waals surface area (Å²) in [6.45, 7) is 6.15. The number of aryl methyl sites for hydroxylation is 1. The lowest BCUT2D eigenvalue weighted by molar-refractivity contribution is 0.109. The first kappa shape index (κ1) is 19.9. The van der Waals surface area contributed by atoms with E-state index in [2.05, 4.69) is 68.1 Å². The molecule has 0 N–H and O–H groups in total. The molecule has 1 aliphatic rings. The van der Waals surface area contributed by atoms with E-state index >= 15 is 0 Å². The number of hydrogen-bond donors (Lipinski definition) is 0. The fraction of sp³-hybridized carbons (Fsp3) is 0.462. The van der Waals surface area contributed by atoms with Gasteiger partial charge in [-0.2, -0.15) is 0 Å². The maximum Gasteiger partial charge on any atom is 0.0543 e. The predicted octanol–water partition coefficient (Wildman–Crippen LogP) is 7.17. The smallest absolute Gasteiger partial charge is 0.0543 e. The summed E-state index contributed by atoms with van der Waals surface area (Å²) in [5.74, 6) is 1.43. The summed E-state index contributed by atoms with van der Waals surface area (Å²) >= 11 is 0. The van der Waals surface area contributed by atoms with Crippen molar-refractivity contribution < 1.29 is 4.74 Å². The molecule has 1 saturated carbocycles. The third-order valence-electron chi connectivity index (χ3n) is 6.25. The lowest BCUT2D eigenvalue weighted by Gasteiger charge is -2.27. The molecule has 0 spiro atoms. The number of rotatable bonds is 8. The molecule has 0 aromatic heterocycles. The van der Waals surface area contributed by atoms with E-state index < -0.39 is 0 Å². The molecule has 1 heteroatoms. The van der Waals surface area contributed by atoms with Crippen molar-refractivity contribution in [1.29, 1.82) is 0 Å². The Hall–Kier alpha value is -1.86. The van der Waals surface area contributed by atoms with Crippen molar-refractivity contribution in [1.82, 2.24) is 0 Å². The Kier molecular flexibility index (Phi) is 7.29. The molecule has 2 aromatic carbocycles. The van der Waals surface area contributed by atoms with Gasteiger partial charge in [-0.3, -0.25) is 0 Å². The SMILES string of the molecule is C=C[C@H]1CC[C@H](c2ccc(-c3ccccc3)c(CCCC(C)OC)c2)CC1. The van der Waals surface area contributed by atoms with E-state index in [4.69, 9.17) is 4.74 Å². The second kappa shape index (κ2) is 9.90. The molecule has 0 radical (unpaired) electrons. The molecule has 0 amide bonds. The fourth-order valence-electron chi connectivity index (χ4n) is 4.36. The molecule has 0 bridgehead atoms. The van der Waals surface area contributed by atoms with Gasteiger partial charge in [-0.25, -0.2) is 0 Å². The molecule has 3 rings (SSSR count). The summed E-state index contributed by atoms with van der Waals surface area (Å²) in [4.78, 5) is 0. The van der Waals surface area contributed by atoms with Crippen molar-refractivity contribution in [2.45, 2.75) is 63.9 Å². The lowest BCUT2D eigenvalue weighted by Crippen LogP contribution is -2.12. The van der Waals surface area contributed by atoms with Gasteiger partial charge in [0.1, 0.15) is 0 Å². The first-order chi connectivity index (χ1) is 13.2. The molecule has 1 unspecified atom stereocenters. The second-order valence-electron chi connectivity index (χ2n) is 8.07. The molecule has 144 valence electrons. The number of benzene rings is 2. The zero-order valence-corrected chi connectivity index (χ0v) is 17.0. The highest BCUT2D eigenvalue weighted by Crippen LogP contribution is 2.38. The van der Waals surface area contributed by atoms with Gasteiger partial charge in [-0.15, -0.1) is 6.58 Å². The van der Waals surface area contributed by atoms with Crippen molar-refractivity contribution in [3.8, 4) is 11.1 Å². The summed E-state index contributed by atoms with van der Waals surface area (Å²) in [7, 11) is 1.81. The molecular formula is C26H34O. The van der Waals surface area contributed by atoms with Crippen molar-refractivity contribution in [2.75, 3.05) is 7.11 Å². The first-order valence-electron chi connectivity index (χ1n) is 10.5. The number of allylic oxidation sites excluding steroid dienone is 1. The van der Waals surface area contributed by atoms with Crippen LogP contribution in [0.3, 0.4) is 0 Å². The van der Waals surface area contributed by atoms with Gasteiger partial charge in [-0.1, -0.05) is 54.6 Å². The Morgan fingerprint density at radius 1 is 1.07 bits per heavy atom. The Labute approximate surface area is 165 Å². The summed E-state index contributed by atoms with van der Waals surface area (Å²) in [5, 5.41) is 0. The van der Waals surface area contributed by atoms with E-state index in [-0.39, 0.29) is 0 Å². The van der Waals surface area contributed by atoms with Crippen LogP contribution in [0.5, 0.6) is 0 Å². The van der Waals surface area contributed by atoms with Gasteiger partial charge < -0.3 is 4.74 Å². The van der Waals surface area contributed by atoms with Crippen LogP contribution >= 0.6 is 0 Å². The van der Waals surface area contributed by atoms with Crippen molar-refractivity contribution in [2.24, 2.45) is 5.92 Å². The van der Waals surface area contributed by atoms with Gasteiger partial charge in [0.2, 0.25) is 0 Å². The molecule has 0 saturated heterocycles. The van der Waals surface area contributed by atoms with E-state index in [1.807, 2.05) is 0 Å². The molecule has 1 aliphatic carbocycles. The van der Waals surface area contributed by atoms with Gasteiger partial charge in [0.25, 0.3) is 0 Å². The highest BCUT2D eigenvalue weighted by Gasteiger charge is 2.21. The Morgan fingerprint density at radius 2 is 1.81 bits per heavy atom. The predicted molar refractivity (Wildman–Crippen MR) is 116 cm³/mol. The van der Waals surface area contributed by atoms with E-state index in [1.54, 1.807) is 7.11 Å². The third-order valence-corrected chi connectivity index (χ3v) is 6.25. The zero-order chi connectivity index (χ0) is 19.1. The average Bonchev–Trinajstić information content (AvgIpc) is 2.74. The molecule has 27 heavy (non-hydrogen) atoms. The quantitative estimate of drug-likeness (QED) is 0.452. The monoisotopic (exact) mass is 362 g/mol. The topological polar surface area (TPSA) is 9.23 Å². The maximum absolute atomic E-state index is 5.43. The second-order valence-corrected chi connectivity index (χ2v) is 8.07. The van der Waals surface area contributed by atoms with Gasteiger partial charge >= 0.3 is 0 Å². The largest absolute Gasteiger partial charge is 0.382 e. The number of methoxy groups -OCH3 is 1. The van der Waals surface area contributed by atoms with Crippen LogP contribution in [-0.2, 0) is 11.2 Å². The first-order valence-corrected chi connectivity index (χ1v) is 10.5. The Balaban J connectivity index is 1.80. The van der Waals surface area contributed by atoms with Crippen molar-refractivity contribution in [3.63, 3.8) is 0 Å². The van der Waals surface area contributed by atoms with Crippen LogP contribution in [0.1, 0.15) is 62.5 Å². The standard InChI is InChI=1S/C26H34O/c1-4-21-13-15-22(16-14-21)24-17-18-26(23-10-6-5-7-11-23)25(19-24)12-8-9-20(2)27-3/h4-7,10-11,17-22H,1,8-9,12-16H2,2-3H3/t20?,21-,22-. The lowest BCUT2D eigenvalue weighted by atomic mass is 9.78. The van der Waals surface area contributed by atoms with Gasteiger partial charge in [0.05, 0.1) is 6.10 Å². The maximum atomic E-state index is 5.43. The van der Waals surface area contributed by atoms with Gasteiger partial charge in [-0.05, 0) is 86.0 Å². The molecule has 0 aliphatic heterocycles. The molecule has 1 atom stereocenters. The minimum Gasteiger partial charge on any atom is -0.382 e. The summed E-state index contributed by atoms with van der Waals surface area (Å²) in [6.07, 6.45) is 11.0. The van der Waals surface area contributed by atoms with Gasteiger partial charge in [0.15, 0.2) is 0 Å². The fourth-order valence-corrected chi connectivity index (χ4v) is 4.36. The van der Waals surface area contributed by atoms with Crippen LogP contribution in [0.4, 0.5) is 0 Å². The van der Waals surface area contributed by atoms with Crippen LogP contribution in [0.25, 0.3) is 11.1 Å². The highest BCUT2D eigenvalue weighted by molar-refractivity contribution is 5.68. The van der Waals surface area contributed by atoms with Crippen LogP contribution in [0, 0.1) is 5.92 Å². The summed E-state index contributed by atoms with van der Waals surface area (Å²) in [5.41, 5.74) is 5.75. The normalized spacial score (nSPS) is 21.0. The highest BCUT2D eigenvalue weighted by atomic mass is 16.5. The molecule has 0 heterocycles. The number of hydrogen-bond acceptors (Lipinski definition) is 1. The zero-order valence-electron chi connectivity index (χ0n) is 17.0. The summed E-state index contributed by atoms with van der Waals surface area (Å²) in [6, 6.07) is 18.1. The molecule has 1 fully saturated rings. The third kappa shape index (κ3) is 5.32. The minimum atomic E-state index is 0.336. The van der Waals surface area contributed by atoms with E-state index in [0.717, 1.165) is 18.8 Å². The van der Waals surface area contributed by atoms with E-state index in [0.29, 0.717) is 12.0 Å². The molecule has 2 aromatic rings. The molecular weight excluding hydrogens is 328 g/mol. The Bertz CT molecular complexity index is 710. The van der Waals surface area contributed by atoms with Crippen molar-refractivity contribution in [3.05, 3.63) is 72.3 Å². The van der Waals surface area contributed by atoms with Crippen molar-refractivity contribution >= 4 is 0 Å². The van der Waals surface area contributed by atoms with Crippen LogP contribution in [0.2, 0.25) is 0 Å². The van der Waals surface area contributed by atoms with Crippen LogP contribution in [-0.4, -0.2) is 13.2 Å². The Morgan fingerprint density at radius 3 is 2.48 bits per heavy atom. The number of ether oxygens (including phenoxy) is 1. The average molecular weight is 363 g/mol. The summed E-state index contributed by atoms with van der Waals surface area (Å²) < 4.78 is 5.43. The van der Waals surface area contributed by atoms with E-state index in [1.165, 1.54) is 54.4 Å². The van der Waals surface area contributed by atoms with Crippen LogP contribution < -0.4 is 0 Å².